The number of piperazine rings is 1. The van der Waals surface area contributed by atoms with Crippen molar-refractivity contribution < 1.29 is 18.0 Å². The second-order valence-electron chi connectivity index (χ2n) is 6.37. The molecule has 0 radical (unpaired) electrons. The lowest BCUT2D eigenvalue weighted by atomic mass is 10.0. The number of carbonyl (C=O) groups is 2. The highest BCUT2D eigenvalue weighted by molar-refractivity contribution is 7.92. The van der Waals surface area contributed by atoms with Gasteiger partial charge in [-0.25, -0.2) is 8.42 Å². The summed E-state index contributed by atoms with van der Waals surface area (Å²) in [5.41, 5.74) is 0. The molecule has 1 N–H and O–H groups in total. The summed E-state index contributed by atoms with van der Waals surface area (Å²) in [6.07, 6.45) is 3.69. The normalized spacial score (nSPS) is 35.9. The predicted molar refractivity (Wildman–Crippen MR) is 77.3 cm³/mol. The molecule has 3 fully saturated rings. The largest absolute Gasteiger partial charge is 0.342 e. The maximum Gasteiger partial charge on any atom is 0.246 e. The van der Waals surface area contributed by atoms with E-state index in [0.29, 0.717) is 19.3 Å². The lowest BCUT2D eigenvalue weighted by Crippen LogP contribution is -2.65. The Hall–Kier alpha value is -1.11. The van der Waals surface area contributed by atoms with Crippen LogP contribution in [-0.2, 0) is 19.4 Å². The van der Waals surface area contributed by atoms with Gasteiger partial charge in [-0.05, 0) is 38.0 Å². The fourth-order valence-electron chi connectivity index (χ4n) is 3.44. The molecule has 1 aliphatic carbocycles. The highest BCUT2D eigenvalue weighted by atomic mass is 32.2. The Balaban J connectivity index is 1.81. The van der Waals surface area contributed by atoms with Crippen molar-refractivity contribution in [3.63, 3.8) is 0 Å². The molecule has 7 heteroatoms. The second-order valence-corrected chi connectivity index (χ2v) is 8.77. The van der Waals surface area contributed by atoms with E-state index < -0.39 is 27.2 Å². The molecular formula is C14H22N2O4S. The van der Waals surface area contributed by atoms with Gasteiger partial charge in [-0.2, -0.15) is 0 Å². The molecule has 2 saturated heterocycles. The molecule has 3 atom stereocenters. The Morgan fingerprint density at radius 1 is 1.24 bits per heavy atom. The number of amides is 2. The molecular weight excluding hydrogens is 292 g/mol. The third-order valence-electron chi connectivity index (χ3n) is 4.87. The van der Waals surface area contributed by atoms with E-state index in [0.717, 1.165) is 12.8 Å². The second kappa shape index (κ2) is 5.26. The highest BCUT2D eigenvalue weighted by Gasteiger charge is 2.47. The molecule has 21 heavy (non-hydrogen) atoms. The summed E-state index contributed by atoms with van der Waals surface area (Å²) in [6.45, 7) is 2.03. The van der Waals surface area contributed by atoms with E-state index in [-0.39, 0.29) is 30.0 Å². The van der Waals surface area contributed by atoms with Crippen molar-refractivity contribution >= 4 is 21.7 Å². The Labute approximate surface area is 125 Å². The van der Waals surface area contributed by atoms with E-state index >= 15 is 0 Å². The standard InChI is InChI=1S/C14H22N2O4S/c1-2-11-13(17)15-12(9-5-6-9)14(18)16(11)8-10-4-3-7-21(10,19)20/h9-12H,2-8H2,1H3,(H,15,17). The molecule has 0 bridgehead atoms. The van der Waals surface area contributed by atoms with Crippen molar-refractivity contribution in [1.82, 2.24) is 10.2 Å². The number of hydrogen-bond acceptors (Lipinski definition) is 4. The van der Waals surface area contributed by atoms with Gasteiger partial charge in [-0.1, -0.05) is 6.92 Å². The fraction of sp³-hybridized carbons (Fsp3) is 0.857. The van der Waals surface area contributed by atoms with Gasteiger partial charge in [-0.3, -0.25) is 9.59 Å². The molecule has 3 rings (SSSR count). The zero-order valence-corrected chi connectivity index (χ0v) is 13.1. The van der Waals surface area contributed by atoms with Crippen LogP contribution in [0.15, 0.2) is 0 Å². The molecule has 0 aromatic heterocycles. The van der Waals surface area contributed by atoms with E-state index in [2.05, 4.69) is 5.32 Å². The first kappa shape index (κ1) is 14.8. The molecule has 118 valence electrons. The summed E-state index contributed by atoms with van der Waals surface area (Å²) in [5.74, 6) is 0.215. The fourth-order valence-corrected chi connectivity index (χ4v) is 5.26. The van der Waals surface area contributed by atoms with Gasteiger partial charge < -0.3 is 10.2 Å². The molecule has 2 amide bonds. The minimum Gasteiger partial charge on any atom is -0.342 e. The van der Waals surface area contributed by atoms with Crippen LogP contribution in [0.3, 0.4) is 0 Å². The SMILES string of the molecule is CCC1C(=O)NC(C2CC2)C(=O)N1CC1CCCS1(=O)=O. The molecule has 0 aromatic rings. The Morgan fingerprint density at radius 3 is 2.48 bits per heavy atom. The van der Waals surface area contributed by atoms with Crippen LogP contribution in [0.2, 0.25) is 0 Å². The van der Waals surface area contributed by atoms with Crippen LogP contribution in [0.4, 0.5) is 0 Å². The number of hydrogen-bond donors (Lipinski definition) is 1. The topological polar surface area (TPSA) is 83.6 Å². The smallest absolute Gasteiger partial charge is 0.246 e. The van der Waals surface area contributed by atoms with Crippen LogP contribution in [0.5, 0.6) is 0 Å². The Morgan fingerprint density at radius 2 is 1.95 bits per heavy atom. The van der Waals surface area contributed by atoms with E-state index in [1.807, 2.05) is 6.92 Å². The number of sulfone groups is 1. The van der Waals surface area contributed by atoms with Crippen LogP contribution in [0, 0.1) is 5.92 Å². The third kappa shape index (κ3) is 2.67. The molecule has 0 spiro atoms. The van der Waals surface area contributed by atoms with Gasteiger partial charge in [0.25, 0.3) is 0 Å². The molecule has 6 nitrogen and oxygen atoms in total. The monoisotopic (exact) mass is 314 g/mol. The molecule has 2 heterocycles. The van der Waals surface area contributed by atoms with Crippen molar-refractivity contribution in [3.05, 3.63) is 0 Å². The van der Waals surface area contributed by atoms with Gasteiger partial charge >= 0.3 is 0 Å². The summed E-state index contributed by atoms with van der Waals surface area (Å²) in [6, 6.07) is -0.965. The van der Waals surface area contributed by atoms with Gasteiger partial charge in [0, 0.05) is 6.54 Å². The van der Waals surface area contributed by atoms with Crippen molar-refractivity contribution in [1.29, 1.82) is 0 Å². The van der Waals surface area contributed by atoms with Crippen LogP contribution < -0.4 is 5.32 Å². The van der Waals surface area contributed by atoms with E-state index in [4.69, 9.17) is 0 Å². The number of rotatable bonds is 4. The predicted octanol–water partition coefficient (Wildman–Crippen LogP) is 0.0792. The minimum absolute atomic E-state index is 0.0916. The minimum atomic E-state index is -3.11. The summed E-state index contributed by atoms with van der Waals surface area (Å²) in [5, 5.41) is 2.33. The highest BCUT2D eigenvalue weighted by Crippen LogP contribution is 2.35. The van der Waals surface area contributed by atoms with Gasteiger partial charge in [0.05, 0.1) is 11.0 Å². The van der Waals surface area contributed by atoms with Gasteiger partial charge in [0.1, 0.15) is 12.1 Å². The molecule has 2 aliphatic heterocycles. The Kier molecular flexibility index (Phi) is 3.71. The Bertz CT molecular complexity index is 555. The van der Waals surface area contributed by atoms with Gasteiger partial charge in [-0.15, -0.1) is 0 Å². The van der Waals surface area contributed by atoms with Crippen molar-refractivity contribution in [2.24, 2.45) is 5.92 Å². The van der Waals surface area contributed by atoms with Crippen LogP contribution in [-0.4, -0.2) is 54.8 Å². The van der Waals surface area contributed by atoms with Crippen molar-refractivity contribution in [2.75, 3.05) is 12.3 Å². The summed E-state index contributed by atoms with van der Waals surface area (Å²) >= 11 is 0. The summed E-state index contributed by atoms with van der Waals surface area (Å²) in [7, 11) is -3.11. The first-order chi connectivity index (χ1) is 9.94. The van der Waals surface area contributed by atoms with Crippen LogP contribution in [0.1, 0.15) is 39.0 Å². The van der Waals surface area contributed by atoms with E-state index in [1.54, 1.807) is 0 Å². The number of nitrogens with one attached hydrogen (secondary N) is 1. The van der Waals surface area contributed by atoms with E-state index in [1.165, 1.54) is 4.90 Å². The molecule has 3 aliphatic rings. The van der Waals surface area contributed by atoms with Gasteiger partial charge in [0.15, 0.2) is 9.84 Å². The van der Waals surface area contributed by atoms with Crippen molar-refractivity contribution in [3.8, 4) is 0 Å². The third-order valence-corrected chi connectivity index (χ3v) is 7.13. The zero-order chi connectivity index (χ0) is 15.2. The number of nitrogens with zero attached hydrogens (tertiary/aromatic N) is 1. The van der Waals surface area contributed by atoms with Crippen LogP contribution in [0.25, 0.3) is 0 Å². The average Bonchev–Trinajstić information content (AvgIpc) is 3.20. The number of carbonyl (C=O) groups excluding carboxylic acids is 2. The lowest BCUT2D eigenvalue weighted by Gasteiger charge is -2.39. The summed E-state index contributed by atoms with van der Waals surface area (Å²) < 4.78 is 24.0. The zero-order valence-electron chi connectivity index (χ0n) is 12.2. The first-order valence-electron chi connectivity index (χ1n) is 7.76. The lowest BCUT2D eigenvalue weighted by molar-refractivity contribution is -0.150. The molecule has 0 aromatic carbocycles. The summed E-state index contributed by atoms with van der Waals surface area (Å²) in [4.78, 5) is 26.4. The van der Waals surface area contributed by atoms with Gasteiger partial charge in [0.2, 0.25) is 11.8 Å². The van der Waals surface area contributed by atoms with Crippen LogP contribution >= 0.6 is 0 Å². The van der Waals surface area contributed by atoms with E-state index in [9.17, 15) is 18.0 Å². The molecule has 3 unspecified atom stereocenters. The van der Waals surface area contributed by atoms with Crippen molar-refractivity contribution in [2.45, 2.75) is 56.4 Å². The first-order valence-corrected chi connectivity index (χ1v) is 9.48. The molecule has 1 saturated carbocycles. The maximum absolute atomic E-state index is 12.6. The maximum atomic E-state index is 12.6. The quantitative estimate of drug-likeness (QED) is 0.796. The average molecular weight is 314 g/mol.